The van der Waals surface area contributed by atoms with Gasteiger partial charge in [0.25, 0.3) is 0 Å². The van der Waals surface area contributed by atoms with Crippen LogP contribution in [0.5, 0.6) is 0 Å². The molecule has 0 heterocycles. The van der Waals surface area contributed by atoms with Crippen LogP contribution in [0.4, 0.5) is 5.69 Å². The summed E-state index contributed by atoms with van der Waals surface area (Å²) in [5, 5.41) is 3.35. The smallest absolute Gasteiger partial charge is 0.0366 e. The molecule has 1 aromatic rings. The van der Waals surface area contributed by atoms with E-state index in [1.165, 1.54) is 18.5 Å². The number of rotatable bonds is 8. The molecule has 0 saturated carbocycles. The van der Waals surface area contributed by atoms with E-state index in [1.54, 1.807) is 0 Å². The van der Waals surface area contributed by atoms with E-state index in [0.29, 0.717) is 5.41 Å². The van der Waals surface area contributed by atoms with Crippen LogP contribution in [-0.2, 0) is 0 Å². The molecule has 0 fully saturated rings. The van der Waals surface area contributed by atoms with Crippen molar-refractivity contribution >= 4 is 5.69 Å². The van der Waals surface area contributed by atoms with Crippen LogP contribution in [0.15, 0.2) is 30.3 Å². The minimum atomic E-state index is 0.343. The van der Waals surface area contributed by atoms with Crippen molar-refractivity contribution in [3.05, 3.63) is 30.3 Å². The molecule has 1 N–H and O–H groups in total. The number of hydrogen-bond acceptors (Lipinski definition) is 2. The molecule has 2 heteroatoms. The standard InChI is InChI=1S/C16H28N2/c1-5-12-16(3,13-17-4)14-18(6-2)15-10-8-7-9-11-15/h7-11,17H,5-6,12-14H2,1-4H3. The normalized spacial score (nSPS) is 14.2. The fourth-order valence-electron chi connectivity index (χ4n) is 2.74. The van der Waals surface area contributed by atoms with E-state index >= 15 is 0 Å². The predicted molar refractivity (Wildman–Crippen MR) is 81.3 cm³/mol. The van der Waals surface area contributed by atoms with Crippen molar-refractivity contribution in [3.8, 4) is 0 Å². The van der Waals surface area contributed by atoms with E-state index in [4.69, 9.17) is 0 Å². The van der Waals surface area contributed by atoms with Gasteiger partial charge in [-0.3, -0.25) is 0 Å². The van der Waals surface area contributed by atoms with Crippen LogP contribution in [-0.4, -0.2) is 26.7 Å². The summed E-state index contributed by atoms with van der Waals surface area (Å²) < 4.78 is 0. The second-order valence-electron chi connectivity index (χ2n) is 5.44. The quantitative estimate of drug-likeness (QED) is 0.757. The van der Waals surface area contributed by atoms with Crippen molar-refractivity contribution in [1.29, 1.82) is 0 Å². The van der Waals surface area contributed by atoms with Gasteiger partial charge in [0.15, 0.2) is 0 Å². The van der Waals surface area contributed by atoms with Gasteiger partial charge < -0.3 is 10.2 Å². The molecule has 102 valence electrons. The maximum absolute atomic E-state index is 3.35. The lowest BCUT2D eigenvalue weighted by atomic mass is 9.84. The molecular formula is C16H28N2. The maximum Gasteiger partial charge on any atom is 0.0366 e. The fourth-order valence-corrected chi connectivity index (χ4v) is 2.74. The second-order valence-corrected chi connectivity index (χ2v) is 5.44. The van der Waals surface area contributed by atoms with Gasteiger partial charge in [-0.25, -0.2) is 0 Å². The van der Waals surface area contributed by atoms with E-state index < -0.39 is 0 Å². The van der Waals surface area contributed by atoms with Crippen molar-refractivity contribution in [2.24, 2.45) is 5.41 Å². The molecule has 0 radical (unpaired) electrons. The Bertz CT molecular complexity index is 315. The van der Waals surface area contributed by atoms with Crippen molar-refractivity contribution in [3.63, 3.8) is 0 Å². The average molecular weight is 248 g/mol. The first kappa shape index (κ1) is 15.0. The Kier molecular flexibility index (Phi) is 6.20. The Labute approximate surface area is 112 Å². The highest BCUT2D eigenvalue weighted by Gasteiger charge is 2.25. The Morgan fingerprint density at radius 3 is 2.33 bits per heavy atom. The highest BCUT2D eigenvalue weighted by Crippen LogP contribution is 2.26. The van der Waals surface area contributed by atoms with Crippen LogP contribution in [0, 0.1) is 5.41 Å². The van der Waals surface area contributed by atoms with Gasteiger partial charge in [0.05, 0.1) is 0 Å². The third-order valence-electron chi connectivity index (χ3n) is 3.53. The van der Waals surface area contributed by atoms with Crippen LogP contribution >= 0.6 is 0 Å². The molecule has 1 atom stereocenters. The van der Waals surface area contributed by atoms with E-state index in [2.05, 4.69) is 61.3 Å². The second kappa shape index (κ2) is 7.42. The molecule has 1 unspecified atom stereocenters. The molecule has 0 aliphatic rings. The van der Waals surface area contributed by atoms with Gasteiger partial charge >= 0.3 is 0 Å². The predicted octanol–water partition coefficient (Wildman–Crippen LogP) is 3.54. The van der Waals surface area contributed by atoms with Crippen molar-refractivity contribution in [2.75, 3.05) is 31.6 Å². The summed E-state index contributed by atoms with van der Waals surface area (Å²) in [5.41, 5.74) is 1.67. The van der Waals surface area contributed by atoms with E-state index in [9.17, 15) is 0 Å². The first-order valence-electron chi connectivity index (χ1n) is 7.10. The monoisotopic (exact) mass is 248 g/mol. The first-order valence-corrected chi connectivity index (χ1v) is 7.10. The average Bonchev–Trinajstić information content (AvgIpc) is 2.38. The van der Waals surface area contributed by atoms with Crippen molar-refractivity contribution < 1.29 is 0 Å². The first-order chi connectivity index (χ1) is 8.65. The topological polar surface area (TPSA) is 15.3 Å². The summed E-state index contributed by atoms with van der Waals surface area (Å²) in [7, 11) is 2.05. The summed E-state index contributed by atoms with van der Waals surface area (Å²) in [6, 6.07) is 10.7. The SMILES string of the molecule is CCCC(C)(CNC)CN(CC)c1ccccc1. The van der Waals surface area contributed by atoms with Crippen LogP contribution in [0.1, 0.15) is 33.6 Å². The van der Waals surface area contributed by atoms with Gasteiger partial charge in [0, 0.05) is 25.3 Å². The molecule has 0 bridgehead atoms. The van der Waals surface area contributed by atoms with Gasteiger partial charge in [0.2, 0.25) is 0 Å². The minimum absolute atomic E-state index is 0.343. The molecule has 1 rings (SSSR count). The number of anilines is 1. The van der Waals surface area contributed by atoms with E-state index in [1.807, 2.05) is 7.05 Å². The third-order valence-corrected chi connectivity index (χ3v) is 3.53. The summed E-state index contributed by atoms with van der Waals surface area (Å²) in [6.07, 6.45) is 2.50. The number of hydrogen-bond donors (Lipinski definition) is 1. The lowest BCUT2D eigenvalue weighted by Crippen LogP contribution is -2.41. The Morgan fingerprint density at radius 1 is 1.17 bits per heavy atom. The zero-order valence-electron chi connectivity index (χ0n) is 12.4. The van der Waals surface area contributed by atoms with Gasteiger partial charge in [-0.05, 0) is 37.9 Å². The lowest BCUT2D eigenvalue weighted by molar-refractivity contribution is 0.289. The number of nitrogens with one attached hydrogen (secondary N) is 1. The highest BCUT2D eigenvalue weighted by molar-refractivity contribution is 5.46. The maximum atomic E-state index is 3.35. The molecule has 0 aromatic heterocycles. The van der Waals surface area contributed by atoms with Gasteiger partial charge in [-0.2, -0.15) is 0 Å². The summed E-state index contributed by atoms with van der Waals surface area (Å²) in [4.78, 5) is 2.48. The highest BCUT2D eigenvalue weighted by atomic mass is 15.1. The molecule has 2 nitrogen and oxygen atoms in total. The Morgan fingerprint density at radius 2 is 1.83 bits per heavy atom. The van der Waals surface area contributed by atoms with Crippen LogP contribution < -0.4 is 10.2 Å². The number of para-hydroxylation sites is 1. The van der Waals surface area contributed by atoms with Gasteiger partial charge in [0.1, 0.15) is 0 Å². The van der Waals surface area contributed by atoms with Crippen LogP contribution in [0.25, 0.3) is 0 Å². The van der Waals surface area contributed by atoms with Gasteiger partial charge in [-0.15, -0.1) is 0 Å². The zero-order chi connectivity index (χ0) is 13.4. The minimum Gasteiger partial charge on any atom is -0.371 e. The Hall–Kier alpha value is -1.02. The van der Waals surface area contributed by atoms with Gasteiger partial charge in [-0.1, -0.05) is 38.5 Å². The summed E-state index contributed by atoms with van der Waals surface area (Å²) in [6.45, 7) is 10.1. The number of nitrogens with zero attached hydrogens (tertiary/aromatic N) is 1. The fraction of sp³-hybridized carbons (Fsp3) is 0.625. The zero-order valence-corrected chi connectivity index (χ0v) is 12.4. The van der Waals surface area contributed by atoms with Crippen molar-refractivity contribution in [1.82, 2.24) is 5.32 Å². The Balaban J connectivity index is 2.77. The van der Waals surface area contributed by atoms with Crippen molar-refractivity contribution in [2.45, 2.75) is 33.6 Å². The lowest BCUT2D eigenvalue weighted by Gasteiger charge is -2.36. The number of benzene rings is 1. The largest absolute Gasteiger partial charge is 0.371 e. The van der Waals surface area contributed by atoms with E-state index in [0.717, 1.165) is 19.6 Å². The molecule has 0 aliphatic carbocycles. The molecule has 0 amide bonds. The molecule has 0 saturated heterocycles. The third kappa shape index (κ3) is 4.34. The molecule has 0 aliphatic heterocycles. The summed E-state index contributed by atoms with van der Waals surface area (Å²) in [5.74, 6) is 0. The van der Waals surface area contributed by atoms with Crippen LogP contribution in [0.2, 0.25) is 0 Å². The molecular weight excluding hydrogens is 220 g/mol. The molecule has 1 aromatic carbocycles. The van der Waals surface area contributed by atoms with Crippen LogP contribution in [0.3, 0.4) is 0 Å². The van der Waals surface area contributed by atoms with E-state index in [-0.39, 0.29) is 0 Å². The summed E-state index contributed by atoms with van der Waals surface area (Å²) >= 11 is 0. The molecule has 0 spiro atoms. The molecule has 18 heavy (non-hydrogen) atoms.